The van der Waals surface area contributed by atoms with E-state index < -0.39 is 21.5 Å². The highest BCUT2D eigenvalue weighted by molar-refractivity contribution is 7.89. The predicted octanol–water partition coefficient (Wildman–Crippen LogP) is 3.47. The van der Waals surface area contributed by atoms with Gasteiger partial charge in [0.05, 0.1) is 41.9 Å². The molecule has 4 rings (SSSR count). The molecule has 2 aliphatic heterocycles. The van der Waals surface area contributed by atoms with Crippen molar-refractivity contribution in [1.29, 1.82) is 0 Å². The molecule has 13 heteroatoms. The van der Waals surface area contributed by atoms with Gasteiger partial charge in [-0.25, -0.2) is 13.6 Å². The normalized spacial score (nSPS) is 22.8. The maximum atomic E-state index is 13.6. The first kappa shape index (κ1) is 24.7. The molecule has 178 valence electrons. The van der Waals surface area contributed by atoms with Crippen LogP contribution in [0.1, 0.15) is 38.4 Å². The van der Waals surface area contributed by atoms with Crippen molar-refractivity contribution < 1.29 is 22.7 Å². The first-order valence-corrected chi connectivity index (χ1v) is 13.4. The second kappa shape index (κ2) is 8.99. The number of rotatable bonds is 4. The van der Waals surface area contributed by atoms with Gasteiger partial charge in [0.15, 0.2) is 0 Å². The van der Waals surface area contributed by atoms with Crippen molar-refractivity contribution in [3.05, 3.63) is 48.6 Å². The Labute approximate surface area is 210 Å². The molecule has 8 nitrogen and oxygen atoms in total. The van der Waals surface area contributed by atoms with Gasteiger partial charge in [-0.2, -0.15) is 0 Å². The molecule has 0 aliphatic carbocycles. The summed E-state index contributed by atoms with van der Waals surface area (Å²) in [4.78, 5) is 28.1. The molecule has 1 spiro atoms. The second-order valence-electron chi connectivity index (χ2n) is 8.20. The van der Waals surface area contributed by atoms with Crippen LogP contribution < -0.4 is 10.5 Å². The molecule has 2 saturated heterocycles. The van der Waals surface area contributed by atoms with Crippen molar-refractivity contribution in [2.24, 2.45) is 5.14 Å². The Balaban J connectivity index is 1.63. The van der Waals surface area contributed by atoms with Crippen LogP contribution in [0.3, 0.4) is 0 Å². The van der Waals surface area contributed by atoms with Crippen molar-refractivity contribution in [2.75, 3.05) is 19.8 Å². The van der Waals surface area contributed by atoms with Crippen molar-refractivity contribution in [3.8, 4) is 0 Å². The number of thiophene rings is 1. The van der Waals surface area contributed by atoms with Crippen LogP contribution in [0.2, 0.25) is 14.4 Å². The van der Waals surface area contributed by atoms with Crippen LogP contribution in [0.25, 0.3) is 0 Å². The number of primary sulfonamides is 1. The third-order valence-corrected chi connectivity index (χ3v) is 9.16. The van der Waals surface area contributed by atoms with E-state index in [0.717, 1.165) is 17.7 Å². The maximum absolute atomic E-state index is 13.6. The van der Waals surface area contributed by atoms with Crippen LogP contribution >= 0.6 is 46.1 Å². The van der Waals surface area contributed by atoms with Gasteiger partial charge in [-0.05, 0) is 43.5 Å². The minimum atomic E-state index is -4.11. The van der Waals surface area contributed by atoms with Gasteiger partial charge in [-0.3, -0.25) is 9.59 Å². The fraction of sp³-hybridized carbons (Fsp3) is 0.400. The van der Waals surface area contributed by atoms with Crippen LogP contribution in [-0.4, -0.2) is 56.5 Å². The fourth-order valence-electron chi connectivity index (χ4n) is 4.27. The summed E-state index contributed by atoms with van der Waals surface area (Å²) in [6, 6.07) is 3.60. The molecule has 3 N–H and O–H groups in total. The number of nitrogens with two attached hydrogens (primary N) is 1. The number of hydrogen-bond acceptors (Lipinski definition) is 6. The molecule has 1 aromatic heterocycles. The average molecular weight is 553 g/mol. The quantitative estimate of drug-likeness (QED) is 0.602. The molecule has 0 saturated carbocycles. The first-order chi connectivity index (χ1) is 15.4. The Kier molecular flexibility index (Phi) is 6.74. The molecule has 2 amide bonds. The molecule has 1 aromatic carbocycles. The van der Waals surface area contributed by atoms with Crippen LogP contribution in [0.15, 0.2) is 23.1 Å². The van der Waals surface area contributed by atoms with E-state index >= 15 is 0 Å². The van der Waals surface area contributed by atoms with E-state index in [1.165, 1.54) is 11.3 Å². The van der Waals surface area contributed by atoms with E-state index in [1.807, 2.05) is 6.92 Å². The van der Waals surface area contributed by atoms with Crippen molar-refractivity contribution in [3.63, 3.8) is 0 Å². The number of aryl methyl sites for hydroxylation is 1. The molecular weight excluding hydrogens is 533 g/mol. The predicted molar refractivity (Wildman–Crippen MR) is 127 cm³/mol. The zero-order valence-electron chi connectivity index (χ0n) is 17.4. The fourth-order valence-corrected chi connectivity index (χ4v) is 6.41. The molecule has 33 heavy (non-hydrogen) atoms. The largest absolute Gasteiger partial charge is 0.379 e. The Hall–Kier alpha value is -1.40. The first-order valence-electron chi connectivity index (χ1n) is 9.90. The van der Waals surface area contributed by atoms with Crippen molar-refractivity contribution in [2.45, 2.75) is 36.2 Å². The minimum Gasteiger partial charge on any atom is -0.379 e. The van der Waals surface area contributed by atoms with Gasteiger partial charge in [0.25, 0.3) is 11.8 Å². The molecular formula is C20H20Cl3N3O5S2. The second-order valence-corrected chi connectivity index (χ2v) is 12.2. The molecule has 2 fully saturated rings. The van der Waals surface area contributed by atoms with Crippen LogP contribution in [0, 0.1) is 6.92 Å². The Morgan fingerprint density at radius 3 is 2.58 bits per heavy atom. The highest BCUT2D eigenvalue weighted by Crippen LogP contribution is 2.40. The van der Waals surface area contributed by atoms with Crippen LogP contribution in [0.5, 0.6) is 0 Å². The van der Waals surface area contributed by atoms with Crippen molar-refractivity contribution in [1.82, 2.24) is 10.2 Å². The third kappa shape index (κ3) is 4.75. The van der Waals surface area contributed by atoms with Crippen LogP contribution in [0.4, 0.5) is 0 Å². The lowest BCUT2D eigenvalue weighted by molar-refractivity contribution is 0.0549. The molecule has 2 aromatic rings. The summed E-state index contributed by atoms with van der Waals surface area (Å²) in [5.41, 5.74) is 0.0786. The Morgan fingerprint density at radius 1 is 1.27 bits per heavy atom. The summed E-state index contributed by atoms with van der Waals surface area (Å²) in [6.45, 7) is 2.76. The van der Waals surface area contributed by atoms with Gasteiger partial charge >= 0.3 is 0 Å². The van der Waals surface area contributed by atoms with Gasteiger partial charge in [0, 0.05) is 19.2 Å². The zero-order chi connectivity index (χ0) is 24.1. The summed E-state index contributed by atoms with van der Waals surface area (Å²) < 4.78 is 29.8. The molecule has 0 radical (unpaired) electrons. The Bertz CT molecular complexity index is 1220. The SMILES string of the molecule is Cc1cc(C(=O)NC2CN(C(=O)c3cc(S(N)(=O)=O)cc(Cl)c3Cl)C3(CCOC3)C2)sc1Cl. The lowest BCUT2D eigenvalue weighted by atomic mass is 9.93. The maximum Gasteiger partial charge on any atom is 0.261 e. The van der Waals surface area contributed by atoms with Gasteiger partial charge < -0.3 is 15.0 Å². The van der Waals surface area contributed by atoms with E-state index in [9.17, 15) is 18.0 Å². The number of nitrogens with one attached hydrogen (secondary N) is 1. The number of ether oxygens (including phenoxy) is 1. The standard InChI is InChI=1S/C20H20Cl3N3O5S2/c1-10-4-15(32-17(10)23)18(27)25-11-7-20(2-3-31-9-20)26(8-11)19(28)13-5-12(33(24,29)30)6-14(21)16(13)22/h4-6,11H,2-3,7-9H2,1H3,(H,25,27)(H2,24,29,30). The van der Waals surface area contributed by atoms with E-state index in [-0.39, 0.29) is 45.6 Å². The van der Waals surface area contributed by atoms with Gasteiger partial charge in [-0.15, -0.1) is 11.3 Å². The summed E-state index contributed by atoms with van der Waals surface area (Å²) in [7, 11) is -4.11. The molecule has 2 atom stereocenters. The highest BCUT2D eigenvalue weighted by Gasteiger charge is 2.51. The number of benzene rings is 1. The number of amides is 2. The van der Waals surface area contributed by atoms with E-state index in [2.05, 4.69) is 5.32 Å². The number of likely N-dealkylation sites (tertiary alicyclic amines) is 1. The number of nitrogens with zero attached hydrogens (tertiary/aromatic N) is 1. The van der Waals surface area contributed by atoms with E-state index in [0.29, 0.717) is 28.7 Å². The number of halogens is 3. The number of sulfonamides is 1. The summed E-state index contributed by atoms with van der Waals surface area (Å²) in [5.74, 6) is -0.787. The zero-order valence-corrected chi connectivity index (χ0v) is 21.3. The highest BCUT2D eigenvalue weighted by atomic mass is 35.5. The van der Waals surface area contributed by atoms with Gasteiger partial charge in [-0.1, -0.05) is 34.8 Å². The Morgan fingerprint density at radius 2 is 2.00 bits per heavy atom. The molecule has 2 unspecified atom stereocenters. The van der Waals surface area contributed by atoms with Crippen molar-refractivity contribution >= 4 is 68.0 Å². The molecule has 0 bridgehead atoms. The number of carbonyl (C=O) groups is 2. The van der Waals surface area contributed by atoms with E-state index in [4.69, 9.17) is 44.7 Å². The third-order valence-electron chi connectivity index (χ3n) is 5.91. The van der Waals surface area contributed by atoms with E-state index in [1.54, 1.807) is 11.0 Å². The summed E-state index contributed by atoms with van der Waals surface area (Å²) >= 11 is 19.6. The molecule has 2 aliphatic rings. The van der Waals surface area contributed by atoms with Crippen LogP contribution in [-0.2, 0) is 14.8 Å². The number of hydrogen-bond donors (Lipinski definition) is 2. The number of carbonyl (C=O) groups excluding carboxylic acids is 2. The summed E-state index contributed by atoms with van der Waals surface area (Å²) in [6.07, 6.45) is 1.04. The topological polar surface area (TPSA) is 119 Å². The lowest BCUT2D eigenvalue weighted by Gasteiger charge is -2.33. The minimum absolute atomic E-state index is 0.0701. The monoisotopic (exact) mass is 551 g/mol. The summed E-state index contributed by atoms with van der Waals surface area (Å²) in [5, 5.41) is 8.03. The average Bonchev–Trinajstić information content (AvgIpc) is 3.43. The smallest absolute Gasteiger partial charge is 0.261 e. The lowest BCUT2D eigenvalue weighted by Crippen LogP contribution is -2.48. The van der Waals surface area contributed by atoms with Gasteiger partial charge in [0.1, 0.15) is 0 Å². The molecule has 3 heterocycles. The van der Waals surface area contributed by atoms with Gasteiger partial charge in [0.2, 0.25) is 10.0 Å².